The van der Waals surface area contributed by atoms with Gasteiger partial charge in [-0.1, -0.05) is 298 Å². The fraction of sp³-hybridized carbons (Fsp3) is 0.942. The third kappa shape index (κ3) is 62.8. The highest BCUT2D eigenvalue weighted by atomic mass is 31.2. The second-order valence-corrected chi connectivity index (χ2v) is 28.8. The molecule has 0 aliphatic heterocycles. The summed E-state index contributed by atoms with van der Waals surface area (Å²) >= 11 is 0. The van der Waals surface area contributed by atoms with Gasteiger partial charge in [0, 0.05) is 25.7 Å². The first-order chi connectivity index (χ1) is 42.4. The number of phosphoric acid groups is 2. The first kappa shape index (κ1) is 86.1. The highest BCUT2D eigenvalue weighted by Gasteiger charge is 2.30. The molecule has 19 heteroatoms. The third-order valence-corrected chi connectivity index (χ3v) is 17.9. The Morgan fingerprint density at radius 3 is 0.773 bits per heavy atom. The Balaban J connectivity index is 5.23. The lowest BCUT2D eigenvalue weighted by Gasteiger charge is -2.21. The van der Waals surface area contributed by atoms with Crippen LogP contribution in [0.5, 0.6) is 0 Å². The van der Waals surface area contributed by atoms with Crippen molar-refractivity contribution in [2.24, 2.45) is 11.8 Å². The molecule has 0 aromatic carbocycles. The van der Waals surface area contributed by atoms with Gasteiger partial charge in [-0.15, -0.1) is 0 Å². The van der Waals surface area contributed by atoms with Crippen molar-refractivity contribution in [2.45, 2.75) is 368 Å². The van der Waals surface area contributed by atoms with Gasteiger partial charge in [0.05, 0.1) is 26.4 Å². The van der Waals surface area contributed by atoms with Crippen LogP contribution in [-0.2, 0) is 65.4 Å². The molecule has 0 aromatic rings. The van der Waals surface area contributed by atoms with Crippen LogP contribution >= 0.6 is 15.6 Å². The van der Waals surface area contributed by atoms with E-state index in [1.165, 1.54) is 161 Å². The van der Waals surface area contributed by atoms with Gasteiger partial charge in [0.25, 0.3) is 0 Å². The Morgan fingerprint density at radius 2 is 0.523 bits per heavy atom. The van der Waals surface area contributed by atoms with E-state index < -0.39 is 97.5 Å². The molecule has 5 atom stereocenters. The van der Waals surface area contributed by atoms with Crippen molar-refractivity contribution < 1.29 is 80.2 Å². The van der Waals surface area contributed by atoms with Crippen LogP contribution < -0.4 is 0 Å². The first-order valence-corrected chi connectivity index (χ1v) is 39.0. The Bertz CT molecular complexity index is 1720. The molecule has 0 aliphatic rings. The average molecular weight is 1300 g/mol. The third-order valence-electron chi connectivity index (χ3n) is 16.0. The molecule has 0 amide bonds. The maximum atomic E-state index is 13.0. The number of ether oxygens (including phenoxy) is 4. The lowest BCUT2D eigenvalue weighted by atomic mass is 10.0. The number of rotatable bonds is 68. The van der Waals surface area contributed by atoms with Gasteiger partial charge in [0.1, 0.15) is 19.3 Å². The molecule has 88 heavy (non-hydrogen) atoms. The van der Waals surface area contributed by atoms with E-state index in [2.05, 4.69) is 41.5 Å². The van der Waals surface area contributed by atoms with Gasteiger partial charge in [0.2, 0.25) is 0 Å². The van der Waals surface area contributed by atoms with Crippen molar-refractivity contribution in [2.75, 3.05) is 39.6 Å². The second-order valence-electron chi connectivity index (χ2n) is 25.9. The largest absolute Gasteiger partial charge is 0.472 e. The van der Waals surface area contributed by atoms with Crippen molar-refractivity contribution in [1.82, 2.24) is 0 Å². The highest BCUT2D eigenvalue weighted by Crippen LogP contribution is 2.45. The van der Waals surface area contributed by atoms with Gasteiger partial charge < -0.3 is 33.8 Å². The molecule has 0 saturated carbocycles. The van der Waals surface area contributed by atoms with Gasteiger partial charge >= 0.3 is 39.5 Å². The first-order valence-electron chi connectivity index (χ1n) is 36.0. The van der Waals surface area contributed by atoms with E-state index in [9.17, 15) is 43.2 Å². The minimum atomic E-state index is -4.95. The van der Waals surface area contributed by atoms with Crippen LogP contribution in [0.2, 0.25) is 0 Å². The highest BCUT2D eigenvalue weighted by molar-refractivity contribution is 7.47. The molecule has 0 heterocycles. The molecule has 0 bridgehead atoms. The molecule has 0 aliphatic carbocycles. The van der Waals surface area contributed by atoms with Crippen molar-refractivity contribution >= 4 is 39.5 Å². The minimum Gasteiger partial charge on any atom is -0.462 e. The van der Waals surface area contributed by atoms with Gasteiger partial charge in [-0.05, 0) is 37.5 Å². The number of carbonyl (C=O) groups is 4. The Morgan fingerprint density at radius 1 is 0.307 bits per heavy atom. The number of carbonyl (C=O) groups excluding carboxylic acids is 4. The van der Waals surface area contributed by atoms with Crippen LogP contribution in [0.4, 0.5) is 0 Å². The maximum Gasteiger partial charge on any atom is 0.472 e. The van der Waals surface area contributed by atoms with Crippen molar-refractivity contribution in [1.29, 1.82) is 0 Å². The second kappa shape index (κ2) is 61.3. The summed E-state index contributed by atoms with van der Waals surface area (Å²) < 4.78 is 68.2. The lowest BCUT2D eigenvalue weighted by molar-refractivity contribution is -0.161. The van der Waals surface area contributed by atoms with Gasteiger partial charge in [-0.3, -0.25) is 37.3 Å². The zero-order valence-electron chi connectivity index (χ0n) is 57.0. The molecule has 0 fully saturated rings. The number of phosphoric ester groups is 2. The maximum absolute atomic E-state index is 13.0. The fourth-order valence-electron chi connectivity index (χ4n) is 10.4. The molecular weight excluding hydrogens is 1160 g/mol. The summed E-state index contributed by atoms with van der Waals surface area (Å²) in [4.78, 5) is 72.4. The summed E-state index contributed by atoms with van der Waals surface area (Å²) in [6.07, 6.45) is 45.7. The standard InChI is InChI=1S/C69H134O17P2/c1-7-9-11-13-15-17-18-22-29-35-41-47-53-68(73)85-64(57-79-66(71)51-45-39-33-16-14-12-10-8-2)59-83-87(75,76)81-55-63(70)56-82-88(77,78)84-60-65(58-80-67(72)52-46-40-34-28-25-24-27-32-38-44-50-62(5)6)86-69(74)54-48-42-36-30-23-20-19-21-26-31-37-43-49-61(3)4/h61-65,70H,7-60H2,1-6H3,(H,75,76)(H,77,78)/t63-,64+,65+/m0/s1. The van der Waals surface area contributed by atoms with Gasteiger partial charge in [-0.25, -0.2) is 9.13 Å². The van der Waals surface area contributed by atoms with Crippen molar-refractivity contribution in [3.05, 3.63) is 0 Å². The number of hydrogen-bond acceptors (Lipinski definition) is 15. The molecule has 0 spiro atoms. The van der Waals surface area contributed by atoms with E-state index in [1.54, 1.807) is 0 Å². The summed E-state index contributed by atoms with van der Waals surface area (Å²) in [5.74, 6) is -0.591. The predicted octanol–water partition coefficient (Wildman–Crippen LogP) is 19.6. The molecule has 0 radical (unpaired) electrons. The van der Waals surface area contributed by atoms with Gasteiger partial charge in [-0.2, -0.15) is 0 Å². The molecule has 0 aromatic heterocycles. The summed E-state index contributed by atoms with van der Waals surface area (Å²) in [7, 11) is -9.89. The van der Waals surface area contributed by atoms with Crippen LogP contribution in [0.1, 0.15) is 350 Å². The van der Waals surface area contributed by atoms with Crippen molar-refractivity contribution in [3.8, 4) is 0 Å². The topological polar surface area (TPSA) is 237 Å². The summed E-state index contributed by atoms with van der Waals surface area (Å²) in [6.45, 7) is 9.52. The van der Waals surface area contributed by atoms with Crippen LogP contribution in [0, 0.1) is 11.8 Å². The number of aliphatic hydroxyl groups is 1. The Labute approximate surface area is 537 Å². The molecule has 522 valence electrons. The molecule has 0 rings (SSSR count). The average Bonchev–Trinajstić information content (AvgIpc) is 3.54. The summed E-state index contributed by atoms with van der Waals surface area (Å²) in [6, 6.07) is 0. The molecule has 3 N–H and O–H groups in total. The van der Waals surface area contributed by atoms with Gasteiger partial charge in [0.15, 0.2) is 12.2 Å². The number of esters is 4. The Hall–Kier alpha value is -1.94. The smallest absolute Gasteiger partial charge is 0.462 e. The molecule has 2 unspecified atom stereocenters. The fourth-order valence-corrected chi connectivity index (χ4v) is 12.0. The lowest BCUT2D eigenvalue weighted by Crippen LogP contribution is -2.30. The van der Waals surface area contributed by atoms with Crippen LogP contribution in [0.3, 0.4) is 0 Å². The SMILES string of the molecule is CCCCCCCCCCCCCCC(=O)O[C@H](COC(=O)CCCCCCCCCC)COP(=O)(O)OC[C@H](O)COP(=O)(O)OC[C@@H](COC(=O)CCCCCCCCCCCCC(C)C)OC(=O)CCCCCCCCCCCCCCC(C)C. The number of aliphatic hydroxyl groups excluding tert-OH is 1. The zero-order valence-corrected chi connectivity index (χ0v) is 58.8. The van der Waals surface area contributed by atoms with E-state index in [0.29, 0.717) is 25.7 Å². The quantitative estimate of drug-likeness (QED) is 0.0222. The van der Waals surface area contributed by atoms with E-state index in [1.807, 2.05) is 0 Å². The van der Waals surface area contributed by atoms with Crippen LogP contribution in [-0.4, -0.2) is 96.7 Å². The Kier molecular flexibility index (Phi) is 59.9. The van der Waals surface area contributed by atoms with Crippen LogP contribution in [0.25, 0.3) is 0 Å². The van der Waals surface area contributed by atoms with E-state index in [-0.39, 0.29) is 25.7 Å². The molecule has 17 nitrogen and oxygen atoms in total. The van der Waals surface area contributed by atoms with E-state index >= 15 is 0 Å². The molecule has 0 saturated heterocycles. The van der Waals surface area contributed by atoms with E-state index in [0.717, 1.165) is 108 Å². The molecular formula is C69H134O17P2. The summed E-state index contributed by atoms with van der Waals surface area (Å²) in [5, 5.41) is 10.6. The summed E-state index contributed by atoms with van der Waals surface area (Å²) in [5.41, 5.74) is 0. The normalized spacial score (nSPS) is 14.2. The minimum absolute atomic E-state index is 0.107. The van der Waals surface area contributed by atoms with E-state index in [4.69, 9.17) is 37.0 Å². The van der Waals surface area contributed by atoms with Crippen molar-refractivity contribution in [3.63, 3.8) is 0 Å². The number of hydrogen-bond donors (Lipinski definition) is 3. The number of unbranched alkanes of at least 4 members (excludes halogenated alkanes) is 38. The predicted molar refractivity (Wildman–Crippen MR) is 354 cm³/mol. The zero-order chi connectivity index (χ0) is 65.0. The monoisotopic (exact) mass is 1300 g/mol. The van der Waals surface area contributed by atoms with Crippen LogP contribution in [0.15, 0.2) is 0 Å².